The summed E-state index contributed by atoms with van der Waals surface area (Å²) in [5.74, 6) is -0.204. The van der Waals surface area contributed by atoms with Gasteiger partial charge in [-0.25, -0.2) is 0 Å². The molecule has 19 heavy (non-hydrogen) atoms. The minimum absolute atomic E-state index is 0.174. The molecule has 0 saturated heterocycles. The number of hydrogen-bond acceptors (Lipinski definition) is 3. The van der Waals surface area contributed by atoms with E-state index in [1.54, 1.807) is 19.1 Å². The Kier molecular flexibility index (Phi) is 4.39. The van der Waals surface area contributed by atoms with Crippen molar-refractivity contribution in [2.45, 2.75) is 12.5 Å². The highest BCUT2D eigenvalue weighted by atomic mass is 79.9. The number of carbonyl (C=O) groups excluding carboxylic acids is 1. The summed E-state index contributed by atoms with van der Waals surface area (Å²) in [6, 6.07) is 10.9. The summed E-state index contributed by atoms with van der Waals surface area (Å²) < 4.78 is 0.739. The fourth-order valence-corrected chi connectivity index (χ4v) is 2.92. The zero-order valence-corrected chi connectivity index (χ0v) is 12.8. The van der Waals surface area contributed by atoms with E-state index in [4.69, 9.17) is 0 Å². The molecule has 100 valence electrons. The molecule has 0 aliphatic heterocycles. The molecule has 2 N–H and O–H groups in total. The van der Waals surface area contributed by atoms with E-state index in [9.17, 15) is 9.90 Å². The van der Waals surface area contributed by atoms with Crippen molar-refractivity contribution in [3.05, 3.63) is 56.7 Å². The van der Waals surface area contributed by atoms with Gasteiger partial charge in [0, 0.05) is 9.35 Å². The Morgan fingerprint density at radius 3 is 2.74 bits per heavy atom. The first-order chi connectivity index (χ1) is 9.00. The van der Waals surface area contributed by atoms with Crippen LogP contribution in [-0.4, -0.2) is 17.6 Å². The average Bonchev–Trinajstić information content (AvgIpc) is 2.91. The Balaban J connectivity index is 2.03. The lowest BCUT2D eigenvalue weighted by atomic mass is 10.1. The summed E-state index contributed by atoms with van der Waals surface area (Å²) in [4.78, 5) is 12.9. The summed E-state index contributed by atoms with van der Waals surface area (Å²) in [5.41, 5.74) is -0.491. The van der Waals surface area contributed by atoms with Crippen LogP contribution in [-0.2, 0) is 5.60 Å². The highest BCUT2D eigenvalue weighted by Gasteiger charge is 2.25. The van der Waals surface area contributed by atoms with Crippen molar-refractivity contribution in [2.75, 3.05) is 6.54 Å². The molecule has 0 saturated carbocycles. The molecule has 1 heterocycles. The van der Waals surface area contributed by atoms with E-state index in [0.717, 1.165) is 9.35 Å². The third kappa shape index (κ3) is 3.43. The van der Waals surface area contributed by atoms with Crippen molar-refractivity contribution < 1.29 is 9.90 Å². The van der Waals surface area contributed by atoms with E-state index in [1.807, 2.05) is 29.6 Å². The molecule has 2 aromatic rings. The van der Waals surface area contributed by atoms with Crippen molar-refractivity contribution in [1.82, 2.24) is 5.32 Å². The summed E-state index contributed by atoms with van der Waals surface area (Å²) >= 11 is 4.80. The van der Waals surface area contributed by atoms with Gasteiger partial charge in [0.25, 0.3) is 5.91 Å². The highest BCUT2D eigenvalue weighted by Crippen LogP contribution is 2.24. The average molecular weight is 340 g/mol. The van der Waals surface area contributed by atoms with E-state index in [2.05, 4.69) is 21.2 Å². The number of halogens is 1. The maximum atomic E-state index is 12.0. The van der Waals surface area contributed by atoms with Crippen LogP contribution in [0.1, 0.15) is 22.2 Å². The quantitative estimate of drug-likeness (QED) is 0.898. The minimum Gasteiger partial charge on any atom is -0.383 e. The Hall–Kier alpha value is -1.17. The van der Waals surface area contributed by atoms with Gasteiger partial charge in [0.2, 0.25) is 0 Å². The molecular weight excluding hydrogens is 326 g/mol. The summed E-state index contributed by atoms with van der Waals surface area (Å²) in [5, 5.41) is 15.0. The van der Waals surface area contributed by atoms with E-state index in [0.29, 0.717) is 5.56 Å². The van der Waals surface area contributed by atoms with E-state index < -0.39 is 5.60 Å². The molecular formula is C14H14BrNO2S. The van der Waals surface area contributed by atoms with Gasteiger partial charge in [-0.2, -0.15) is 0 Å². The number of amides is 1. The second kappa shape index (κ2) is 5.86. The first-order valence-electron chi connectivity index (χ1n) is 5.80. The van der Waals surface area contributed by atoms with Gasteiger partial charge in [0.15, 0.2) is 0 Å². The van der Waals surface area contributed by atoms with Crippen LogP contribution in [0.25, 0.3) is 0 Å². The second-order valence-electron chi connectivity index (χ2n) is 4.41. The van der Waals surface area contributed by atoms with E-state index >= 15 is 0 Å². The van der Waals surface area contributed by atoms with Crippen LogP contribution < -0.4 is 5.32 Å². The Bertz CT molecular complexity index is 567. The van der Waals surface area contributed by atoms with Crippen LogP contribution in [0, 0.1) is 0 Å². The number of hydrogen-bond donors (Lipinski definition) is 2. The third-order valence-electron chi connectivity index (χ3n) is 2.76. The number of aliphatic hydroxyl groups is 1. The Morgan fingerprint density at radius 1 is 1.37 bits per heavy atom. The molecule has 0 aliphatic rings. The Morgan fingerprint density at radius 2 is 2.11 bits per heavy atom. The van der Waals surface area contributed by atoms with E-state index in [-0.39, 0.29) is 12.5 Å². The second-order valence-corrected chi connectivity index (χ2v) is 6.22. The molecule has 0 radical (unpaired) electrons. The van der Waals surface area contributed by atoms with Gasteiger partial charge in [0.05, 0.1) is 12.1 Å². The van der Waals surface area contributed by atoms with Crippen LogP contribution in [0.2, 0.25) is 0 Å². The Labute approximate surface area is 124 Å². The van der Waals surface area contributed by atoms with Crippen molar-refractivity contribution >= 4 is 33.2 Å². The largest absolute Gasteiger partial charge is 0.383 e. The van der Waals surface area contributed by atoms with Gasteiger partial charge in [0.1, 0.15) is 5.60 Å². The molecule has 1 aromatic carbocycles. The molecule has 2 rings (SSSR count). The molecule has 1 aromatic heterocycles. The molecule has 1 unspecified atom stereocenters. The van der Waals surface area contributed by atoms with Crippen LogP contribution in [0.15, 0.2) is 46.3 Å². The normalized spacial score (nSPS) is 13.8. The number of benzene rings is 1. The molecule has 5 heteroatoms. The summed E-state index contributed by atoms with van der Waals surface area (Å²) in [7, 11) is 0. The lowest BCUT2D eigenvalue weighted by Gasteiger charge is -2.22. The van der Waals surface area contributed by atoms with E-state index in [1.165, 1.54) is 11.3 Å². The zero-order valence-electron chi connectivity index (χ0n) is 10.4. The van der Waals surface area contributed by atoms with Gasteiger partial charge in [-0.15, -0.1) is 11.3 Å². The minimum atomic E-state index is -1.05. The predicted octanol–water partition coefficient (Wildman–Crippen LogP) is 3.15. The van der Waals surface area contributed by atoms with Crippen molar-refractivity contribution in [3.8, 4) is 0 Å². The van der Waals surface area contributed by atoms with Gasteiger partial charge in [-0.1, -0.05) is 18.2 Å². The van der Waals surface area contributed by atoms with Crippen LogP contribution in [0.3, 0.4) is 0 Å². The van der Waals surface area contributed by atoms with Gasteiger partial charge in [-0.05, 0) is 46.4 Å². The molecule has 1 atom stereocenters. The summed E-state index contributed by atoms with van der Waals surface area (Å²) in [6.07, 6.45) is 0. The lowest BCUT2D eigenvalue weighted by molar-refractivity contribution is 0.0556. The maximum Gasteiger partial charge on any atom is 0.252 e. The number of carbonyl (C=O) groups is 1. The van der Waals surface area contributed by atoms with Crippen molar-refractivity contribution in [2.24, 2.45) is 0 Å². The first-order valence-corrected chi connectivity index (χ1v) is 7.47. The molecule has 0 aliphatic carbocycles. The highest BCUT2D eigenvalue weighted by molar-refractivity contribution is 9.10. The molecule has 0 spiro atoms. The standard InChI is InChI=1S/C14H14BrNO2S/c1-14(18,12-7-4-8-19-12)9-16-13(17)10-5-2-3-6-11(10)15/h2-8,18H,9H2,1H3,(H,16,17). The number of thiophene rings is 1. The maximum absolute atomic E-state index is 12.0. The molecule has 0 bridgehead atoms. The number of nitrogens with one attached hydrogen (secondary N) is 1. The number of rotatable bonds is 4. The van der Waals surface area contributed by atoms with Crippen molar-refractivity contribution in [3.63, 3.8) is 0 Å². The van der Waals surface area contributed by atoms with Crippen LogP contribution in [0.5, 0.6) is 0 Å². The van der Waals surface area contributed by atoms with Gasteiger partial charge in [-0.3, -0.25) is 4.79 Å². The van der Waals surface area contributed by atoms with Crippen molar-refractivity contribution in [1.29, 1.82) is 0 Å². The fraction of sp³-hybridized carbons (Fsp3) is 0.214. The molecule has 3 nitrogen and oxygen atoms in total. The van der Waals surface area contributed by atoms with Gasteiger partial charge < -0.3 is 10.4 Å². The summed E-state index contributed by atoms with van der Waals surface area (Å²) in [6.45, 7) is 1.87. The SMILES string of the molecule is CC(O)(CNC(=O)c1ccccc1Br)c1cccs1. The van der Waals surface area contributed by atoms with Gasteiger partial charge >= 0.3 is 0 Å². The third-order valence-corrected chi connectivity index (χ3v) is 4.58. The van der Waals surface area contributed by atoms with Crippen LogP contribution in [0.4, 0.5) is 0 Å². The smallest absolute Gasteiger partial charge is 0.252 e. The zero-order chi connectivity index (χ0) is 13.9. The molecule has 1 amide bonds. The van der Waals surface area contributed by atoms with Crippen LogP contribution >= 0.6 is 27.3 Å². The molecule has 0 fully saturated rings. The fourth-order valence-electron chi connectivity index (χ4n) is 1.67. The monoisotopic (exact) mass is 339 g/mol. The first kappa shape index (κ1) is 14.2. The topological polar surface area (TPSA) is 49.3 Å². The lowest BCUT2D eigenvalue weighted by Crippen LogP contribution is -2.38. The predicted molar refractivity (Wildman–Crippen MR) is 80.4 cm³/mol.